The fraction of sp³-hybridized carbons (Fsp3) is 0.421. The maximum absolute atomic E-state index is 13.4. The number of nitrogens with one attached hydrogen (secondary N) is 2. The fourth-order valence-corrected chi connectivity index (χ4v) is 4.73. The third-order valence-corrected chi connectivity index (χ3v) is 6.14. The van der Waals surface area contributed by atoms with Crippen molar-refractivity contribution in [1.82, 2.24) is 25.2 Å². The maximum Gasteiger partial charge on any atom is 0.257 e. The third kappa shape index (κ3) is 2.15. The van der Waals surface area contributed by atoms with Crippen molar-refractivity contribution in [2.45, 2.75) is 37.9 Å². The van der Waals surface area contributed by atoms with Crippen molar-refractivity contribution < 1.29 is 14.4 Å². The number of fused-ring (bicyclic) bond motifs is 3. The molecule has 2 saturated heterocycles. The van der Waals surface area contributed by atoms with Gasteiger partial charge in [0.1, 0.15) is 11.2 Å². The van der Waals surface area contributed by atoms with Crippen LogP contribution in [0.4, 0.5) is 5.69 Å². The molecule has 9 nitrogen and oxygen atoms in total. The van der Waals surface area contributed by atoms with E-state index in [4.69, 9.17) is 0 Å². The third-order valence-electron chi connectivity index (χ3n) is 6.14. The number of rotatable bonds is 4. The van der Waals surface area contributed by atoms with E-state index in [1.54, 1.807) is 16.6 Å². The molecule has 28 heavy (non-hydrogen) atoms. The Balaban J connectivity index is 1.46. The zero-order valence-corrected chi connectivity index (χ0v) is 15.6. The van der Waals surface area contributed by atoms with Gasteiger partial charge in [0.05, 0.1) is 18.2 Å². The molecule has 9 heteroatoms. The van der Waals surface area contributed by atoms with Crippen LogP contribution in [0.1, 0.15) is 47.4 Å². The van der Waals surface area contributed by atoms with Gasteiger partial charge in [-0.25, -0.2) is 0 Å². The molecule has 4 aliphatic rings. The van der Waals surface area contributed by atoms with Crippen LogP contribution in [0.5, 0.6) is 0 Å². The Kier molecular flexibility index (Phi) is 3.40. The lowest BCUT2D eigenvalue weighted by molar-refractivity contribution is -0.161. The van der Waals surface area contributed by atoms with Crippen LogP contribution in [0, 0.1) is 5.92 Å². The first-order valence-corrected chi connectivity index (χ1v) is 9.31. The van der Waals surface area contributed by atoms with Gasteiger partial charge in [0, 0.05) is 24.8 Å². The number of aromatic nitrogens is 3. The number of hydrogen-bond donors (Lipinski definition) is 2. The van der Waals surface area contributed by atoms with Crippen LogP contribution in [-0.4, -0.2) is 43.2 Å². The Morgan fingerprint density at radius 2 is 2.07 bits per heavy atom. The number of imide groups is 1. The molecule has 1 unspecified atom stereocenters. The number of benzene rings is 1. The summed E-state index contributed by atoms with van der Waals surface area (Å²) < 4.78 is 1.62. The summed E-state index contributed by atoms with van der Waals surface area (Å²) in [6.07, 6.45) is 2.62. The van der Waals surface area contributed by atoms with E-state index in [-0.39, 0.29) is 29.7 Å². The molecule has 3 amide bonds. The molecule has 1 aromatic carbocycles. The molecule has 2 aromatic rings. The number of amides is 3. The average Bonchev–Trinajstić information content (AvgIpc) is 3.15. The van der Waals surface area contributed by atoms with Crippen molar-refractivity contribution in [3.05, 3.63) is 41.2 Å². The van der Waals surface area contributed by atoms with Gasteiger partial charge >= 0.3 is 0 Å². The highest BCUT2D eigenvalue weighted by Crippen LogP contribution is 2.52. The Bertz CT molecular complexity index is 1020. The van der Waals surface area contributed by atoms with Crippen LogP contribution in [0.25, 0.3) is 0 Å². The summed E-state index contributed by atoms with van der Waals surface area (Å²) >= 11 is 0. The summed E-state index contributed by atoms with van der Waals surface area (Å²) in [6, 6.07) is 5.44. The number of piperidine rings is 2. The van der Waals surface area contributed by atoms with Crippen LogP contribution < -0.4 is 10.6 Å². The van der Waals surface area contributed by atoms with Gasteiger partial charge in [0.15, 0.2) is 0 Å². The fourth-order valence-electron chi connectivity index (χ4n) is 4.73. The number of hydrogen-bond acceptors (Lipinski definition) is 6. The van der Waals surface area contributed by atoms with Gasteiger partial charge in [-0.2, -0.15) is 0 Å². The Morgan fingerprint density at radius 3 is 2.75 bits per heavy atom. The molecule has 2 N–H and O–H groups in total. The molecule has 1 aromatic heterocycles. The van der Waals surface area contributed by atoms with Gasteiger partial charge in [0.2, 0.25) is 5.91 Å². The van der Waals surface area contributed by atoms with Gasteiger partial charge in [-0.15, -0.1) is 5.10 Å². The maximum atomic E-state index is 13.4. The number of nitrogens with zero attached hydrogens (tertiary/aromatic N) is 4. The summed E-state index contributed by atoms with van der Waals surface area (Å²) in [5.41, 5.74) is 2.03. The molecular formula is C19H20N6O3. The van der Waals surface area contributed by atoms with Crippen molar-refractivity contribution in [3.8, 4) is 0 Å². The standard InChI is InChI=1S/C19H20N6O3/c1-10-13-4-3-5-14(20-8-12-9-24(2)23-22-12)15(13)17(27)25(10)19-6-11(7-19)16(26)21-18(19)28/h3-5,9-11,20H,6-8H2,1-2H3,(H,21,26,28). The van der Waals surface area contributed by atoms with Crippen LogP contribution in [0.15, 0.2) is 24.4 Å². The van der Waals surface area contributed by atoms with Crippen molar-refractivity contribution >= 4 is 23.4 Å². The number of aryl methyl sites for hydroxylation is 1. The second-order valence-corrected chi connectivity index (χ2v) is 7.81. The topological polar surface area (TPSA) is 109 Å². The largest absolute Gasteiger partial charge is 0.379 e. The van der Waals surface area contributed by atoms with Gasteiger partial charge < -0.3 is 10.2 Å². The summed E-state index contributed by atoms with van der Waals surface area (Å²) in [6.45, 7) is 2.37. The zero-order chi connectivity index (χ0) is 19.6. The second kappa shape index (κ2) is 5.63. The van der Waals surface area contributed by atoms with Crippen LogP contribution in [0.2, 0.25) is 0 Å². The molecule has 4 heterocycles. The minimum absolute atomic E-state index is 0.173. The summed E-state index contributed by atoms with van der Waals surface area (Å²) in [5.74, 6) is -0.944. The number of anilines is 1. The van der Waals surface area contributed by atoms with E-state index in [2.05, 4.69) is 20.9 Å². The molecule has 2 bridgehead atoms. The lowest BCUT2D eigenvalue weighted by Gasteiger charge is -2.55. The summed E-state index contributed by atoms with van der Waals surface area (Å²) in [5, 5.41) is 13.7. The molecule has 6 rings (SSSR count). The molecule has 1 aliphatic carbocycles. The van der Waals surface area contributed by atoms with E-state index in [0.717, 1.165) is 11.3 Å². The average molecular weight is 380 g/mol. The van der Waals surface area contributed by atoms with Gasteiger partial charge in [0.25, 0.3) is 11.8 Å². The van der Waals surface area contributed by atoms with E-state index >= 15 is 0 Å². The lowest BCUT2D eigenvalue weighted by atomic mass is 9.63. The van der Waals surface area contributed by atoms with Gasteiger partial charge in [-0.1, -0.05) is 17.3 Å². The highest BCUT2D eigenvalue weighted by molar-refractivity contribution is 6.12. The molecule has 0 spiro atoms. The van der Waals surface area contributed by atoms with Gasteiger partial charge in [-0.3, -0.25) is 24.4 Å². The van der Waals surface area contributed by atoms with Crippen LogP contribution >= 0.6 is 0 Å². The molecule has 0 radical (unpaired) electrons. The van der Waals surface area contributed by atoms with E-state index in [0.29, 0.717) is 30.6 Å². The van der Waals surface area contributed by atoms with Crippen LogP contribution in [-0.2, 0) is 23.2 Å². The first-order valence-electron chi connectivity index (χ1n) is 9.31. The Morgan fingerprint density at radius 1 is 1.29 bits per heavy atom. The number of carbonyl (C=O) groups is 3. The molecule has 3 aliphatic heterocycles. The summed E-state index contributed by atoms with van der Waals surface area (Å²) in [7, 11) is 1.80. The van der Waals surface area contributed by atoms with E-state index in [9.17, 15) is 14.4 Å². The Labute approximate surface area is 161 Å². The molecule has 144 valence electrons. The first-order chi connectivity index (χ1) is 13.4. The normalized spacial score (nSPS) is 28.1. The lowest BCUT2D eigenvalue weighted by Crippen LogP contribution is -2.73. The molecular weight excluding hydrogens is 360 g/mol. The predicted molar refractivity (Wildman–Crippen MR) is 98.0 cm³/mol. The SMILES string of the molecule is CC1c2cccc(NCc3cn(C)nn3)c2C(=O)N1C12CC(C1)C(=O)NC2=O. The van der Waals surface area contributed by atoms with Crippen molar-refractivity contribution in [3.63, 3.8) is 0 Å². The van der Waals surface area contributed by atoms with Gasteiger partial charge in [-0.05, 0) is 31.4 Å². The van der Waals surface area contributed by atoms with Crippen LogP contribution in [0.3, 0.4) is 0 Å². The molecule has 1 saturated carbocycles. The van der Waals surface area contributed by atoms with E-state index in [1.165, 1.54) is 0 Å². The van der Waals surface area contributed by atoms with Crippen molar-refractivity contribution in [2.24, 2.45) is 13.0 Å². The quantitative estimate of drug-likeness (QED) is 0.758. The minimum Gasteiger partial charge on any atom is -0.379 e. The van der Waals surface area contributed by atoms with E-state index < -0.39 is 5.54 Å². The summed E-state index contributed by atoms with van der Waals surface area (Å²) in [4.78, 5) is 39.5. The highest BCUT2D eigenvalue weighted by atomic mass is 16.2. The monoisotopic (exact) mass is 380 g/mol. The van der Waals surface area contributed by atoms with Crippen molar-refractivity contribution in [1.29, 1.82) is 0 Å². The second-order valence-electron chi connectivity index (χ2n) is 7.81. The van der Waals surface area contributed by atoms with Crippen molar-refractivity contribution in [2.75, 3.05) is 5.32 Å². The Hall–Kier alpha value is -3.23. The number of carbonyl (C=O) groups excluding carboxylic acids is 3. The minimum atomic E-state index is -0.920. The first kappa shape index (κ1) is 16.9. The predicted octanol–water partition coefficient (Wildman–Crippen LogP) is 0.749. The molecule has 3 fully saturated rings. The zero-order valence-electron chi connectivity index (χ0n) is 15.6. The smallest absolute Gasteiger partial charge is 0.257 e. The van der Waals surface area contributed by atoms with E-state index in [1.807, 2.05) is 31.3 Å². The highest BCUT2D eigenvalue weighted by Gasteiger charge is 2.64. The molecule has 1 atom stereocenters.